The number of hydrogen-bond acceptors (Lipinski definition) is 2. The third kappa shape index (κ3) is 3.80. The molecule has 2 rings (SSSR count). The molecule has 4 heteroatoms. The Morgan fingerprint density at radius 3 is 2.67 bits per heavy atom. The van der Waals surface area contributed by atoms with E-state index in [-0.39, 0.29) is 6.04 Å². The van der Waals surface area contributed by atoms with Crippen molar-refractivity contribution < 1.29 is 8.78 Å². The molecule has 1 saturated carbocycles. The molecular formula is C17H26F2N2. The van der Waals surface area contributed by atoms with E-state index in [1.54, 1.807) is 19.2 Å². The van der Waals surface area contributed by atoms with Crippen LogP contribution in [0.4, 0.5) is 8.78 Å². The second-order valence-electron chi connectivity index (χ2n) is 6.25. The van der Waals surface area contributed by atoms with E-state index < -0.39 is 11.6 Å². The van der Waals surface area contributed by atoms with Crippen molar-refractivity contribution in [2.75, 3.05) is 20.6 Å². The highest BCUT2D eigenvalue weighted by Gasteiger charge is 2.27. The van der Waals surface area contributed by atoms with Crippen LogP contribution in [0.1, 0.15) is 44.2 Å². The van der Waals surface area contributed by atoms with E-state index in [4.69, 9.17) is 0 Å². The molecule has 118 valence electrons. The summed E-state index contributed by atoms with van der Waals surface area (Å²) < 4.78 is 27.4. The number of nitrogens with one attached hydrogen (secondary N) is 1. The quantitative estimate of drug-likeness (QED) is 0.890. The molecule has 3 atom stereocenters. The highest BCUT2D eigenvalue weighted by molar-refractivity contribution is 5.23. The Labute approximate surface area is 126 Å². The summed E-state index contributed by atoms with van der Waals surface area (Å²) in [6.45, 7) is 2.98. The molecule has 1 aliphatic rings. The average molecular weight is 296 g/mol. The summed E-state index contributed by atoms with van der Waals surface area (Å²) >= 11 is 0. The van der Waals surface area contributed by atoms with E-state index in [0.29, 0.717) is 24.1 Å². The fourth-order valence-corrected chi connectivity index (χ4v) is 3.51. The monoisotopic (exact) mass is 296 g/mol. The van der Waals surface area contributed by atoms with Crippen molar-refractivity contribution in [1.82, 2.24) is 10.2 Å². The largest absolute Gasteiger partial charge is 0.312 e. The Hall–Kier alpha value is -1.00. The number of likely N-dealkylation sites (N-methyl/N-ethyl adjacent to an activating group) is 2. The molecule has 0 aliphatic heterocycles. The van der Waals surface area contributed by atoms with Crippen LogP contribution in [-0.4, -0.2) is 31.6 Å². The first-order valence-corrected chi connectivity index (χ1v) is 7.86. The van der Waals surface area contributed by atoms with Crippen LogP contribution in [0.3, 0.4) is 0 Å². The zero-order chi connectivity index (χ0) is 15.4. The Bertz CT molecular complexity index is 464. The lowest BCUT2D eigenvalue weighted by atomic mass is 9.85. The fraction of sp³-hybridized carbons (Fsp3) is 0.647. The van der Waals surface area contributed by atoms with Crippen molar-refractivity contribution in [3.63, 3.8) is 0 Å². The zero-order valence-corrected chi connectivity index (χ0v) is 13.2. The van der Waals surface area contributed by atoms with Gasteiger partial charge in [-0.25, -0.2) is 8.78 Å². The van der Waals surface area contributed by atoms with Gasteiger partial charge in [0, 0.05) is 24.2 Å². The van der Waals surface area contributed by atoms with Gasteiger partial charge in [-0.05, 0) is 38.9 Å². The molecular weight excluding hydrogens is 270 g/mol. The molecule has 0 amide bonds. The highest BCUT2D eigenvalue weighted by Crippen LogP contribution is 2.29. The van der Waals surface area contributed by atoms with Crippen LogP contribution in [0, 0.1) is 17.6 Å². The number of halogens is 2. The van der Waals surface area contributed by atoms with E-state index in [9.17, 15) is 8.78 Å². The van der Waals surface area contributed by atoms with Gasteiger partial charge in [-0.1, -0.05) is 31.9 Å². The summed E-state index contributed by atoms with van der Waals surface area (Å²) in [4.78, 5) is 2.30. The summed E-state index contributed by atoms with van der Waals surface area (Å²) in [6.07, 6.45) is 5.02. The van der Waals surface area contributed by atoms with Gasteiger partial charge in [-0.3, -0.25) is 0 Å². The third-order valence-corrected chi connectivity index (χ3v) is 4.81. The maximum Gasteiger partial charge on any atom is 0.163 e. The van der Waals surface area contributed by atoms with Crippen LogP contribution in [0.5, 0.6) is 0 Å². The molecule has 1 aliphatic carbocycles. The topological polar surface area (TPSA) is 15.3 Å². The molecule has 0 spiro atoms. The minimum Gasteiger partial charge on any atom is -0.312 e. The second-order valence-corrected chi connectivity index (χ2v) is 6.25. The minimum absolute atomic E-state index is 0.195. The average Bonchev–Trinajstić information content (AvgIpc) is 2.48. The van der Waals surface area contributed by atoms with Crippen LogP contribution < -0.4 is 5.32 Å². The number of rotatable bonds is 5. The van der Waals surface area contributed by atoms with Gasteiger partial charge in [-0.2, -0.15) is 0 Å². The summed E-state index contributed by atoms with van der Waals surface area (Å²) in [7, 11) is 3.89. The smallest absolute Gasteiger partial charge is 0.163 e. The Balaban J connectivity index is 2.09. The maximum atomic E-state index is 14.0. The lowest BCUT2D eigenvalue weighted by Crippen LogP contribution is -2.43. The molecule has 0 radical (unpaired) electrons. The van der Waals surface area contributed by atoms with Gasteiger partial charge in [0.05, 0.1) is 0 Å². The van der Waals surface area contributed by atoms with Gasteiger partial charge < -0.3 is 10.2 Å². The zero-order valence-electron chi connectivity index (χ0n) is 13.2. The summed E-state index contributed by atoms with van der Waals surface area (Å²) in [5, 5.41) is 3.12. The maximum absolute atomic E-state index is 14.0. The van der Waals surface area contributed by atoms with Crippen molar-refractivity contribution in [1.29, 1.82) is 0 Å². The number of nitrogens with zero attached hydrogens (tertiary/aromatic N) is 1. The summed E-state index contributed by atoms with van der Waals surface area (Å²) in [5.41, 5.74) is 0.410. The van der Waals surface area contributed by atoms with E-state index in [1.165, 1.54) is 31.7 Å². The summed E-state index contributed by atoms with van der Waals surface area (Å²) in [5.74, 6) is -0.845. The van der Waals surface area contributed by atoms with E-state index in [2.05, 4.69) is 24.2 Å². The molecule has 1 N–H and O–H groups in total. The molecule has 3 unspecified atom stereocenters. The molecule has 21 heavy (non-hydrogen) atoms. The first-order chi connectivity index (χ1) is 10.0. The van der Waals surface area contributed by atoms with Gasteiger partial charge in [-0.15, -0.1) is 0 Å². The van der Waals surface area contributed by atoms with Crippen molar-refractivity contribution in [3.05, 3.63) is 35.4 Å². The van der Waals surface area contributed by atoms with Gasteiger partial charge in [0.15, 0.2) is 11.6 Å². The molecule has 0 bridgehead atoms. The first kappa shape index (κ1) is 16.4. The molecule has 0 saturated heterocycles. The molecule has 1 aromatic carbocycles. The van der Waals surface area contributed by atoms with Gasteiger partial charge in [0.1, 0.15) is 0 Å². The number of hydrogen-bond donors (Lipinski definition) is 1. The SMILES string of the molecule is CNC(CN(C)C1CCCCC1C)c1cccc(F)c1F. The third-order valence-electron chi connectivity index (χ3n) is 4.81. The van der Waals surface area contributed by atoms with Gasteiger partial charge >= 0.3 is 0 Å². The van der Waals surface area contributed by atoms with Crippen molar-refractivity contribution in [3.8, 4) is 0 Å². The molecule has 0 heterocycles. The van der Waals surface area contributed by atoms with Crippen molar-refractivity contribution in [2.24, 2.45) is 5.92 Å². The van der Waals surface area contributed by atoms with E-state index in [0.717, 1.165) is 0 Å². The number of benzene rings is 1. The Kier molecular flexibility index (Phi) is 5.71. The van der Waals surface area contributed by atoms with Gasteiger partial charge in [0.25, 0.3) is 0 Å². The molecule has 1 aromatic rings. The van der Waals surface area contributed by atoms with Crippen LogP contribution in [0.2, 0.25) is 0 Å². The minimum atomic E-state index is -0.776. The van der Waals surface area contributed by atoms with E-state index >= 15 is 0 Å². The summed E-state index contributed by atoms with van der Waals surface area (Å²) in [6, 6.07) is 4.74. The molecule has 0 aromatic heterocycles. The predicted molar refractivity (Wildman–Crippen MR) is 82.2 cm³/mol. The normalized spacial score (nSPS) is 24.3. The lowest BCUT2D eigenvalue weighted by molar-refractivity contribution is 0.128. The highest BCUT2D eigenvalue weighted by atomic mass is 19.2. The van der Waals surface area contributed by atoms with E-state index in [1.807, 2.05) is 0 Å². The lowest BCUT2D eigenvalue weighted by Gasteiger charge is -2.38. The standard InChI is InChI=1S/C17H26F2N2/c1-12-7-4-5-10-16(12)21(3)11-15(20-2)13-8-6-9-14(18)17(13)19/h6,8-9,12,15-16,20H,4-5,7,10-11H2,1-3H3. The fourth-order valence-electron chi connectivity index (χ4n) is 3.51. The van der Waals surface area contributed by atoms with Gasteiger partial charge in [0.2, 0.25) is 0 Å². The Morgan fingerprint density at radius 2 is 2.00 bits per heavy atom. The molecule has 2 nitrogen and oxygen atoms in total. The second kappa shape index (κ2) is 7.32. The van der Waals surface area contributed by atoms with Crippen LogP contribution in [0.15, 0.2) is 18.2 Å². The molecule has 1 fully saturated rings. The van der Waals surface area contributed by atoms with Crippen LogP contribution in [-0.2, 0) is 0 Å². The predicted octanol–water partition coefficient (Wildman–Crippen LogP) is 3.74. The van der Waals surface area contributed by atoms with Crippen molar-refractivity contribution in [2.45, 2.75) is 44.7 Å². The first-order valence-electron chi connectivity index (χ1n) is 7.86. The van der Waals surface area contributed by atoms with Crippen molar-refractivity contribution >= 4 is 0 Å². The Morgan fingerprint density at radius 1 is 1.29 bits per heavy atom. The van der Waals surface area contributed by atoms with Crippen LogP contribution >= 0.6 is 0 Å². The van der Waals surface area contributed by atoms with Crippen LogP contribution in [0.25, 0.3) is 0 Å².